The first-order chi connectivity index (χ1) is 6.27. The molecule has 2 heterocycles. The number of ether oxygens (including phenoxy) is 1. The summed E-state index contributed by atoms with van der Waals surface area (Å²) in [6, 6.07) is 1.14. The summed E-state index contributed by atoms with van der Waals surface area (Å²) in [7, 11) is 0. The number of morpholine rings is 1. The first-order valence-corrected chi connectivity index (χ1v) is 5.29. The number of aliphatic hydroxyl groups is 1. The summed E-state index contributed by atoms with van der Waals surface area (Å²) in [5, 5.41) is 9.38. The lowest BCUT2D eigenvalue weighted by Crippen LogP contribution is -2.56. The summed E-state index contributed by atoms with van der Waals surface area (Å²) in [4.78, 5) is 2.44. The Labute approximate surface area is 79.7 Å². The number of aliphatic hydroxyl groups excluding tert-OH is 1. The molecule has 0 aromatic rings. The molecule has 2 aliphatic rings. The molecule has 2 bridgehead atoms. The third-order valence-electron chi connectivity index (χ3n) is 3.11. The summed E-state index contributed by atoms with van der Waals surface area (Å²) in [6.45, 7) is 4.41. The molecular weight excluding hydrogens is 166 g/mol. The zero-order valence-corrected chi connectivity index (χ0v) is 8.28. The highest BCUT2D eigenvalue weighted by Gasteiger charge is 2.34. The van der Waals surface area contributed by atoms with Crippen molar-refractivity contribution in [3.8, 4) is 0 Å². The van der Waals surface area contributed by atoms with Gasteiger partial charge in [0.15, 0.2) is 0 Å². The number of hydrogen-bond acceptors (Lipinski definition) is 3. The highest BCUT2D eigenvalue weighted by Crippen LogP contribution is 2.27. The molecule has 2 rings (SSSR count). The molecule has 0 aliphatic carbocycles. The lowest BCUT2D eigenvalue weighted by atomic mass is 9.94. The molecule has 3 heteroatoms. The smallest absolute Gasteiger partial charge is 0.0639 e. The Morgan fingerprint density at radius 2 is 2.00 bits per heavy atom. The van der Waals surface area contributed by atoms with E-state index in [1.54, 1.807) is 0 Å². The summed E-state index contributed by atoms with van der Waals surface area (Å²) >= 11 is 0. The van der Waals surface area contributed by atoms with Crippen molar-refractivity contribution in [1.82, 2.24) is 4.90 Å². The van der Waals surface area contributed by atoms with Gasteiger partial charge in [-0.25, -0.2) is 0 Å². The van der Waals surface area contributed by atoms with Crippen LogP contribution in [0.2, 0.25) is 0 Å². The van der Waals surface area contributed by atoms with Gasteiger partial charge in [0, 0.05) is 18.6 Å². The van der Waals surface area contributed by atoms with Crippen LogP contribution in [0.15, 0.2) is 0 Å². The molecule has 2 saturated heterocycles. The molecule has 3 unspecified atom stereocenters. The van der Waals surface area contributed by atoms with Gasteiger partial charge in [-0.05, 0) is 19.8 Å². The van der Waals surface area contributed by atoms with Crippen LogP contribution in [0.4, 0.5) is 0 Å². The van der Waals surface area contributed by atoms with Crippen LogP contribution in [-0.2, 0) is 4.74 Å². The molecule has 0 radical (unpaired) electrons. The van der Waals surface area contributed by atoms with Gasteiger partial charge in [-0.3, -0.25) is 4.90 Å². The molecule has 0 saturated carbocycles. The highest BCUT2D eigenvalue weighted by atomic mass is 16.5. The second-order valence-corrected chi connectivity index (χ2v) is 4.32. The number of piperidine rings is 1. The minimum atomic E-state index is -0.207. The van der Waals surface area contributed by atoms with E-state index in [0.717, 1.165) is 19.8 Å². The normalized spacial score (nSPS) is 37.4. The second kappa shape index (κ2) is 3.95. The van der Waals surface area contributed by atoms with Crippen molar-refractivity contribution in [2.24, 2.45) is 0 Å². The number of fused-ring (bicyclic) bond motifs is 2. The van der Waals surface area contributed by atoms with Gasteiger partial charge in [-0.15, -0.1) is 0 Å². The molecule has 2 aliphatic heterocycles. The van der Waals surface area contributed by atoms with Crippen molar-refractivity contribution >= 4 is 0 Å². The van der Waals surface area contributed by atoms with Crippen LogP contribution >= 0.6 is 0 Å². The second-order valence-electron chi connectivity index (χ2n) is 4.32. The van der Waals surface area contributed by atoms with Gasteiger partial charge in [0.25, 0.3) is 0 Å². The van der Waals surface area contributed by atoms with Crippen LogP contribution < -0.4 is 0 Å². The highest BCUT2D eigenvalue weighted by molar-refractivity contribution is 4.88. The van der Waals surface area contributed by atoms with Crippen molar-refractivity contribution in [3.63, 3.8) is 0 Å². The van der Waals surface area contributed by atoms with Gasteiger partial charge < -0.3 is 9.84 Å². The third kappa shape index (κ3) is 2.03. The Bertz CT molecular complexity index is 150. The maximum Gasteiger partial charge on any atom is 0.0639 e. The predicted molar refractivity (Wildman–Crippen MR) is 50.6 cm³/mol. The fourth-order valence-electron chi connectivity index (χ4n) is 2.52. The first kappa shape index (κ1) is 9.44. The Kier molecular flexibility index (Phi) is 2.86. The van der Waals surface area contributed by atoms with E-state index in [2.05, 4.69) is 4.90 Å². The van der Waals surface area contributed by atoms with E-state index in [1.807, 2.05) is 6.92 Å². The van der Waals surface area contributed by atoms with Gasteiger partial charge in [0.05, 0.1) is 19.3 Å². The Balaban J connectivity index is 1.98. The molecular formula is C10H19NO2. The van der Waals surface area contributed by atoms with E-state index in [-0.39, 0.29) is 6.10 Å². The average Bonchev–Trinajstić information content (AvgIpc) is 2.02. The maximum absolute atomic E-state index is 9.38. The van der Waals surface area contributed by atoms with Gasteiger partial charge in [0.2, 0.25) is 0 Å². The van der Waals surface area contributed by atoms with Crippen LogP contribution in [0.5, 0.6) is 0 Å². The molecule has 76 valence electrons. The molecule has 0 aromatic carbocycles. The maximum atomic E-state index is 9.38. The average molecular weight is 185 g/mol. The monoisotopic (exact) mass is 185 g/mol. The summed E-state index contributed by atoms with van der Waals surface area (Å²) in [5.74, 6) is 0. The van der Waals surface area contributed by atoms with Gasteiger partial charge in [0.1, 0.15) is 0 Å². The lowest BCUT2D eigenvalue weighted by Gasteiger charge is -2.46. The Morgan fingerprint density at radius 3 is 2.54 bits per heavy atom. The van der Waals surface area contributed by atoms with Gasteiger partial charge in [-0.1, -0.05) is 6.42 Å². The number of nitrogens with zero attached hydrogens (tertiary/aromatic N) is 1. The largest absolute Gasteiger partial charge is 0.392 e. The van der Waals surface area contributed by atoms with E-state index in [1.165, 1.54) is 19.3 Å². The SMILES string of the molecule is CC(O)CN1C2CCCC1COC2. The molecule has 13 heavy (non-hydrogen) atoms. The Morgan fingerprint density at radius 1 is 1.38 bits per heavy atom. The number of rotatable bonds is 2. The molecule has 1 N–H and O–H groups in total. The van der Waals surface area contributed by atoms with E-state index in [4.69, 9.17) is 4.74 Å². The van der Waals surface area contributed by atoms with Crippen molar-refractivity contribution < 1.29 is 9.84 Å². The minimum Gasteiger partial charge on any atom is -0.392 e. The van der Waals surface area contributed by atoms with Gasteiger partial charge in [-0.2, -0.15) is 0 Å². The topological polar surface area (TPSA) is 32.7 Å². The zero-order valence-electron chi connectivity index (χ0n) is 8.28. The summed E-state index contributed by atoms with van der Waals surface area (Å²) in [6.07, 6.45) is 3.60. The van der Waals surface area contributed by atoms with Crippen molar-refractivity contribution in [2.75, 3.05) is 19.8 Å². The standard InChI is InChI=1S/C10H19NO2/c1-8(12)5-11-9-3-2-4-10(11)7-13-6-9/h8-10,12H,2-7H2,1H3. The molecule has 2 fully saturated rings. The van der Waals surface area contributed by atoms with Crippen LogP contribution in [0.25, 0.3) is 0 Å². The fourth-order valence-corrected chi connectivity index (χ4v) is 2.52. The summed E-state index contributed by atoms with van der Waals surface area (Å²) < 4.78 is 5.53. The summed E-state index contributed by atoms with van der Waals surface area (Å²) in [5.41, 5.74) is 0. The first-order valence-electron chi connectivity index (χ1n) is 5.29. The number of hydrogen-bond donors (Lipinski definition) is 1. The molecule has 0 spiro atoms. The van der Waals surface area contributed by atoms with E-state index in [0.29, 0.717) is 12.1 Å². The molecule has 0 aromatic heterocycles. The van der Waals surface area contributed by atoms with E-state index in [9.17, 15) is 5.11 Å². The quantitative estimate of drug-likeness (QED) is 0.684. The van der Waals surface area contributed by atoms with Crippen LogP contribution in [0, 0.1) is 0 Å². The van der Waals surface area contributed by atoms with Crippen molar-refractivity contribution in [2.45, 2.75) is 44.4 Å². The van der Waals surface area contributed by atoms with Crippen LogP contribution in [-0.4, -0.2) is 48.0 Å². The van der Waals surface area contributed by atoms with Crippen LogP contribution in [0.1, 0.15) is 26.2 Å². The minimum absolute atomic E-state index is 0.207. The predicted octanol–water partition coefficient (Wildman–Crippen LogP) is 0.621. The molecule has 3 atom stereocenters. The molecule has 3 nitrogen and oxygen atoms in total. The fraction of sp³-hybridized carbons (Fsp3) is 1.00. The third-order valence-corrected chi connectivity index (χ3v) is 3.11. The van der Waals surface area contributed by atoms with E-state index >= 15 is 0 Å². The zero-order chi connectivity index (χ0) is 9.26. The van der Waals surface area contributed by atoms with E-state index < -0.39 is 0 Å². The van der Waals surface area contributed by atoms with Crippen molar-refractivity contribution in [3.05, 3.63) is 0 Å². The Hall–Kier alpha value is -0.120. The lowest BCUT2D eigenvalue weighted by molar-refractivity contribution is -0.0849. The van der Waals surface area contributed by atoms with Crippen molar-refractivity contribution in [1.29, 1.82) is 0 Å². The van der Waals surface area contributed by atoms with Gasteiger partial charge >= 0.3 is 0 Å². The van der Waals surface area contributed by atoms with Crippen LogP contribution in [0.3, 0.4) is 0 Å². The molecule has 0 amide bonds.